The van der Waals surface area contributed by atoms with E-state index in [0.717, 1.165) is 19.3 Å². The Morgan fingerprint density at radius 1 is 1.00 bits per heavy atom. The van der Waals surface area contributed by atoms with E-state index in [2.05, 4.69) is 17.4 Å². The van der Waals surface area contributed by atoms with Crippen molar-refractivity contribution in [2.45, 2.75) is 43.0 Å². The molecule has 1 N–H and O–H groups in total. The Kier molecular flexibility index (Phi) is 5.95. The molecule has 1 fully saturated rings. The molecule has 1 heterocycles. The van der Waals surface area contributed by atoms with Crippen LogP contribution in [0.1, 0.15) is 42.9 Å². The summed E-state index contributed by atoms with van der Waals surface area (Å²) in [4.78, 5) is 13.1. The number of amides is 1. The van der Waals surface area contributed by atoms with Gasteiger partial charge in [0, 0.05) is 24.0 Å². The summed E-state index contributed by atoms with van der Waals surface area (Å²) in [7, 11) is -3.55. The number of halogens is 1. The van der Waals surface area contributed by atoms with E-state index in [1.807, 2.05) is 12.1 Å². The third-order valence-electron chi connectivity index (χ3n) is 5.96. The van der Waals surface area contributed by atoms with E-state index in [4.69, 9.17) is 11.6 Å². The molecule has 1 atom stereocenters. The molecule has 0 saturated carbocycles. The smallest absolute Gasteiger partial charge is 0.243 e. The van der Waals surface area contributed by atoms with Gasteiger partial charge in [0.15, 0.2) is 0 Å². The molecule has 1 saturated heterocycles. The van der Waals surface area contributed by atoms with Crippen LogP contribution in [0, 0.1) is 5.92 Å². The normalized spacial score (nSPS) is 20.8. The molecule has 1 aliphatic carbocycles. The first-order valence-corrected chi connectivity index (χ1v) is 11.9. The minimum atomic E-state index is -3.55. The van der Waals surface area contributed by atoms with Crippen molar-refractivity contribution in [3.63, 3.8) is 0 Å². The molecule has 29 heavy (non-hydrogen) atoms. The first-order valence-electron chi connectivity index (χ1n) is 10.1. The van der Waals surface area contributed by atoms with Crippen molar-refractivity contribution in [2.24, 2.45) is 5.92 Å². The minimum absolute atomic E-state index is 0.0373. The van der Waals surface area contributed by atoms with Crippen molar-refractivity contribution in [3.05, 3.63) is 64.7 Å². The molecular formula is C22H25ClN2O3S. The Morgan fingerprint density at radius 3 is 2.41 bits per heavy atom. The topological polar surface area (TPSA) is 66.5 Å². The fourth-order valence-electron chi connectivity index (χ4n) is 4.31. The third-order valence-corrected chi connectivity index (χ3v) is 8.13. The number of carbonyl (C=O) groups is 1. The van der Waals surface area contributed by atoms with Crippen LogP contribution in [0.15, 0.2) is 53.4 Å². The monoisotopic (exact) mass is 432 g/mol. The summed E-state index contributed by atoms with van der Waals surface area (Å²) < 4.78 is 27.1. The van der Waals surface area contributed by atoms with Gasteiger partial charge in [0.25, 0.3) is 0 Å². The zero-order chi connectivity index (χ0) is 20.4. The molecule has 7 heteroatoms. The van der Waals surface area contributed by atoms with E-state index in [-0.39, 0.29) is 22.8 Å². The third kappa shape index (κ3) is 4.34. The number of hydrogen-bond acceptors (Lipinski definition) is 3. The average molecular weight is 433 g/mol. The van der Waals surface area contributed by atoms with Crippen LogP contribution >= 0.6 is 11.6 Å². The van der Waals surface area contributed by atoms with E-state index in [1.54, 1.807) is 12.1 Å². The van der Waals surface area contributed by atoms with Gasteiger partial charge < -0.3 is 5.32 Å². The van der Waals surface area contributed by atoms with E-state index < -0.39 is 10.0 Å². The van der Waals surface area contributed by atoms with Crippen molar-refractivity contribution in [1.82, 2.24) is 9.62 Å². The summed E-state index contributed by atoms with van der Waals surface area (Å²) in [5, 5.41) is 3.72. The van der Waals surface area contributed by atoms with Crippen LogP contribution < -0.4 is 5.32 Å². The van der Waals surface area contributed by atoms with Crippen molar-refractivity contribution in [2.75, 3.05) is 13.1 Å². The first kappa shape index (κ1) is 20.4. The molecular weight excluding hydrogens is 408 g/mol. The van der Waals surface area contributed by atoms with Crippen molar-refractivity contribution < 1.29 is 13.2 Å². The van der Waals surface area contributed by atoms with Gasteiger partial charge in [-0.25, -0.2) is 8.42 Å². The van der Waals surface area contributed by atoms with Crippen LogP contribution in [-0.2, 0) is 21.2 Å². The second-order valence-electron chi connectivity index (χ2n) is 7.78. The summed E-state index contributed by atoms with van der Waals surface area (Å²) >= 11 is 5.86. The Balaban J connectivity index is 1.37. The Hall–Kier alpha value is -1.89. The highest BCUT2D eigenvalue weighted by Crippen LogP contribution is 2.31. The summed E-state index contributed by atoms with van der Waals surface area (Å²) in [6, 6.07) is 14.6. The fraction of sp³-hybridized carbons (Fsp3) is 0.409. The van der Waals surface area contributed by atoms with Gasteiger partial charge in [-0.3, -0.25) is 4.79 Å². The molecule has 154 valence electrons. The van der Waals surface area contributed by atoms with Gasteiger partial charge in [0.2, 0.25) is 15.9 Å². The first-order chi connectivity index (χ1) is 13.9. The molecule has 0 unspecified atom stereocenters. The van der Waals surface area contributed by atoms with Gasteiger partial charge in [-0.15, -0.1) is 0 Å². The Morgan fingerprint density at radius 2 is 1.69 bits per heavy atom. The molecule has 1 aliphatic heterocycles. The lowest BCUT2D eigenvalue weighted by atomic mass is 9.87. The highest BCUT2D eigenvalue weighted by Gasteiger charge is 2.33. The number of fused-ring (bicyclic) bond motifs is 1. The molecule has 2 aliphatic rings. The Bertz CT molecular complexity index is 983. The standard InChI is InChI=1S/C22H25ClN2O3S/c23-18-8-10-19(11-9-18)29(27,28)25-14-12-17(13-15-25)22(26)24-21-7-3-5-16-4-1-2-6-20(16)21/h1-2,4,6,8-11,17,21H,3,5,7,12-15H2,(H,24,26)/t21-/m1/s1. The van der Waals surface area contributed by atoms with E-state index in [1.165, 1.54) is 27.6 Å². The van der Waals surface area contributed by atoms with Gasteiger partial charge in [0.1, 0.15) is 0 Å². The van der Waals surface area contributed by atoms with Crippen molar-refractivity contribution in [1.29, 1.82) is 0 Å². The number of benzene rings is 2. The van der Waals surface area contributed by atoms with Crippen LogP contribution in [0.25, 0.3) is 0 Å². The van der Waals surface area contributed by atoms with Gasteiger partial charge in [0.05, 0.1) is 10.9 Å². The molecule has 2 aromatic rings. The number of carbonyl (C=O) groups excluding carboxylic acids is 1. The van der Waals surface area contributed by atoms with Gasteiger partial charge in [-0.1, -0.05) is 35.9 Å². The molecule has 0 spiro atoms. The zero-order valence-corrected chi connectivity index (χ0v) is 17.8. The lowest BCUT2D eigenvalue weighted by Gasteiger charge is -2.32. The van der Waals surface area contributed by atoms with Crippen LogP contribution in [-0.4, -0.2) is 31.7 Å². The predicted octanol–water partition coefficient (Wildman–Crippen LogP) is 3.93. The molecule has 0 aromatic heterocycles. The van der Waals surface area contributed by atoms with E-state index in [0.29, 0.717) is 31.0 Å². The molecule has 4 rings (SSSR count). The molecule has 1 amide bonds. The lowest BCUT2D eigenvalue weighted by molar-refractivity contribution is -0.127. The van der Waals surface area contributed by atoms with Gasteiger partial charge in [-0.2, -0.15) is 4.31 Å². The molecule has 5 nitrogen and oxygen atoms in total. The molecule has 2 aromatic carbocycles. The number of nitrogens with one attached hydrogen (secondary N) is 1. The number of piperidine rings is 1. The maximum Gasteiger partial charge on any atom is 0.243 e. The second-order valence-corrected chi connectivity index (χ2v) is 10.2. The van der Waals surface area contributed by atoms with Gasteiger partial charge >= 0.3 is 0 Å². The summed E-state index contributed by atoms with van der Waals surface area (Å²) in [6.45, 7) is 0.703. The van der Waals surface area contributed by atoms with Gasteiger partial charge in [-0.05, 0) is 67.5 Å². The van der Waals surface area contributed by atoms with Crippen LogP contribution in [0.2, 0.25) is 5.02 Å². The molecule has 0 radical (unpaired) electrons. The summed E-state index contributed by atoms with van der Waals surface area (Å²) in [6.07, 6.45) is 4.15. The maximum atomic E-state index is 12.8. The van der Waals surface area contributed by atoms with E-state index >= 15 is 0 Å². The number of nitrogens with zero attached hydrogens (tertiary/aromatic N) is 1. The minimum Gasteiger partial charge on any atom is -0.349 e. The lowest BCUT2D eigenvalue weighted by Crippen LogP contribution is -2.44. The van der Waals surface area contributed by atoms with Crippen molar-refractivity contribution in [3.8, 4) is 0 Å². The average Bonchev–Trinajstić information content (AvgIpc) is 2.74. The number of hydrogen-bond donors (Lipinski definition) is 1. The predicted molar refractivity (Wildman–Crippen MR) is 113 cm³/mol. The number of aryl methyl sites for hydroxylation is 1. The molecule has 0 bridgehead atoms. The Labute approximate surface area is 177 Å². The summed E-state index contributed by atoms with van der Waals surface area (Å²) in [5.74, 6) is -0.115. The number of rotatable bonds is 4. The van der Waals surface area contributed by atoms with Crippen LogP contribution in [0.3, 0.4) is 0 Å². The van der Waals surface area contributed by atoms with Crippen LogP contribution in [0.4, 0.5) is 0 Å². The largest absolute Gasteiger partial charge is 0.349 e. The fourth-order valence-corrected chi connectivity index (χ4v) is 5.90. The van der Waals surface area contributed by atoms with E-state index in [9.17, 15) is 13.2 Å². The number of sulfonamides is 1. The highest BCUT2D eigenvalue weighted by atomic mass is 35.5. The highest BCUT2D eigenvalue weighted by molar-refractivity contribution is 7.89. The summed E-state index contributed by atoms with van der Waals surface area (Å²) in [5.41, 5.74) is 2.53. The zero-order valence-electron chi connectivity index (χ0n) is 16.2. The van der Waals surface area contributed by atoms with Crippen molar-refractivity contribution >= 4 is 27.5 Å². The second kappa shape index (κ2) is 8.46. The maximum absolute atomic E-state index is 12.8. The van der Waals surface area contributed by atoms with Crippen LogP contribution in [0.5, 0.6) is 0 Å². The quantitative estimate of drug-likeness (QED) is 0.795. The SMILES string of the molecule is O=C(N[C@@H]1CCCc2ccccc21)C1CCN(S(=O)(=O)c2ccc(Cl)cc2)CC1.